The molecule has 2 amide bonds. The number of aliphatic carboxylic acids is 1. The number of alkyl carbamates (subject to hydrolysis) is 1. The lowest BCUT2D eigenvalue weighted by Gasteiger charge is -2.31. The van der Waals surface area contributed by atoms with Gasteiger partial charge in [0.15, 0.2) is 0 Å². The second-order valence-electron chi connectivity index (χ2n) is 11.7. The predicted molar refractivity (Wildman–Crippen MR) is 158 cm³/mol. The van der Waals surface area contributed by atoms with Crippen LogP contribution in [0.15, 0.2) is 78.9 Å². The van der Waals surface area contributed by atoms with Gasteiger partial charge >= 0.3 is 12.1 Å². The predicted octanol–water partition coefficient (Wildman–Crippen LogP) is 5.03. The number of fused-ring (bicyclic) bond motifs is 3. The molecule has 0 saturated carbocycles. The molecule has 216 valence electrons. The van der Waals surface area contributed by atoms with E-state index in [1.54, 1.807) is 0 Å². The number of carboxylic acid groups (broad SMARTS) is 1. The minimum atomic E-state index is -1.12. The molecule has 0 fully saturated rings. The lowest BCUT2D eigenvalue weighted by molar-refractivity contribution is -0.142. The first-order valence-corrected chi connectivity index (χ1v) is 13.9. The molecule has 0 bridgehead atoms. The summed E-state index contributed by atoms with van der Waals surface area (Å²) in [5.41, 5.74) is 5.08. The van der Waals surface area contributed by atoms with Crippen LogP contribution in [0.3, 0.4) is 0 Å². The molecule has 0 saturated heterocycles. The number of hydrogen-bond donors (Lipinski definition) is 3. The van der Waals surface area contributed by atoms with Gasteiger partial charge in [0.25, 0.3) is 0 Å². The first kappa shape index (κ1) is 29.8. The summed E-state index contributed by atoms with van der Waals surface area (Å²) in [4.78, 5) is 39.7. The summed E-state index contributed by atoms with van der Waals surface area (Å²) in [5, 5.41) is 15.2. The van der Waals surface area contributed by atoms with Gasteiger partial charge in [-0.2, -0.15) is 0 Å². The van der Waals surface area contributed by atoms with E-state index in [4.69, 9.17) is 4.74 Å². The Hall–Kier alpha value is -4.17. The maximum Gasteiger partial charge on any atom is 0.407 e. The van der Waals surface area contributed by atoms with Gasteiger partial charge in [0.1, 0.15) is 12.6 Å². The van der Waals surface area contributed by atoms with E-state index in [1.807, 2.05) is 87.3 Å². The quantitative estimate of drug-likeness (QED) is 0.305. The van der Waals surface area contributed by atoms with Crippen LogP contribution in [0.2, 0.25) is 0 Å². The molecule has 1 aliphatic carbocycles. The van der Waals surface area contributed by atoms with Crippen molar-refractivity contribution in [3.05, 3.63) is 95.6 Å². The zero-order chi connectivity index (χ0) is 29.6. The van der Waals surface area contributed by atoms with Crippen molar-refractivity contribution in [3.63, 3.8) is 0 Å². The third-order valence-corrected chi connectivity index (χ3v) is 7.49. The maximum atomic E-state index is 13.0. The Morgan fingerprint density at radius 1 is 0.878 bits per heavy atom. The molecular formula is C33H39N3O5. The topological polar surface area (TPSA) is 108 Å². The van der Waals surface area contributed by atoms with Crippen LogP contribution in [-0.4, -0.2) is 60.3 Å². The molecule has 1 aliphatic rings. The summed E-state index contributed by atoms with van der Waals surface area (Å²) in [6.45, 7) is 6.59. The van der Waals surface area contributed by atoms with Gasteiger partial charge in [-0.25, -0.2) is 9.59 Å². The molecule has 0 radical (unpaired) electrons. The summed E-state index contributed by atoms with van der Waals surface area (Å²) in [7, 11) is 1.81. The van der Waals surface area contributed by atoms with Crippen LogP contribution in [0, 0.1) is 5.41 Å². The van der Waals surface area contributed by atoms with Gasteiger partial charge in [-0.3, -0.25) is 9.69 Å². The molecule has 2 atom stereocenters. The average Bonchev–Trinajstić information content (AvgIpc) is 3.25. The summed E-state index contributed by atoms with van der Waals surface area (Å²) in [5.74, 6) is -1.65. The van der Waals surface area contributed by atoms with Gasteiger partial charge in [0, 0.05) is 31.5 Å². The monoisotopic (exact) mass is 557 g/mol. The van der Waals surface area contributed by atoms with Crippen LogP contribution in [0.25, 0.3) is 11.1 Å². The number of rotatable bonds is 11. The highest BCUT2D eigenvalue weighted by Gasteiger charge is 2.33. The van der Waals surface area contributed by atoms with E-state index in [0.29, 0.717) is 6.54 Å². The normalized spacial score (nSPS) is 14.1. The Morgan fingerprint density at radius 3 is 2.00 bits per heavy atom. The van der Waals surface area contributed by atoms with Crippen LogP contribution in [0.4, 0.5) is 4.79 Å². The van der Waals surface area contributed by atoms with Gasteiger partial charge < -0.3 is 20.5 Å². The zero-order valence-corrected chi connectivity index (χ0v) is 24.1. The van der Waals surface area contributed by atoms with Gasteiger partial charge in [0.2, 0.25) is 5.91 Å². The van der Waals surface area contributed by atoms with E-state index >= 15 is 0 Å². The van der Waals surface area contributed by atoms with Crippen molar-refractivity contribution in [1.82, 2.24) is 15.5 Å². The first-order valence-electron chi connectivity index (χ1n) is 13.9. The van der Waals surface area contributed by atoms with Gasteiger partial charge in [0.05, 0.1) is 0 Å². The lowest BCUT2D eigenvalue weighted by atomic mass is 9.84. The number of amides is 2. The Bertz CT molecular complexity index is 1320. The number of carboxylic acids is 1. The first-order chi connectivity index (χ1) is 19.5. The number of nitrogens with zero attached hydrogens (tertiary/aromatic N) is 1. The Labute approximate surface area is 241 Å². The zero-order valence-electron chi connectivity index (χ0n) is 24.1. The van der Waals surface area contributed by atoms with E-state index in [9.17, 15) is 19.5 Å². The summed E-state index contributed by atoms with van der Waals surface area (Å²) < 4.78 is 5.69. The van der Waals surface area contributed by atoms with Gasteiger partial charge in [-0.1, -0.05) is 99.6 Å². The third-order valence-electron chi connectivity index (χ3n) is 7.49. The van der Waals surface area contributed by atoms with Crippen molar-refractivity contribution in [3.8, 4) is 11.1 Å². The fourth-order valence-corrected chi connectivity index (χ4v) is 5.25. The maximum absolute atomic E-state index is 13.0. The van der Waals surface area contributed by atoms with Crippen LogP contribution in [0.1, 0.15) is 49.8 Å². The highest BCUT2D eigenvalue weighted by Crippen LogP contribution is 2.44. The van der Waals surface area contributed by atoms with Crippen LogP contribution in [0.5, 0.6) is 0 Å². The second kappa shape index (κ2) is 13.0. The fourth-order valence-electron chi connectivity index (χ4n) is 5.25. The minimum Gasteiger partial charge on any atom is -0.480 e. The molecule has 3 N–H and O–H groups in total. The molecule has 8 heteroatoms. The molecule has 0 aromatic heterocycles. The van der Waals surface area contributed by atoms with Crippen LogP contribution >= 0.6 is 0 Å². The van der Waals surface area contributed by atoms with Gasteiger partial charge in [-0.15, -0.1) is 0 Å². The lowest BCUT2D eigenvalue weighted by Crippen LogP contribution is -2.51. The number of likely N-dealkylation sites (N-methyl/N-ethyl adjacent to an activating group) is 1. The van der Waals surface area contributed by atoms with Crippen LogP contribution < -0.4 is 10.6 Å². The molecule has 41 heavy (non-hydrogen) atoms. The molecule has 3 aromatic carbocycles. The molecule has 0 heterocycles. The van der Waals surface area contributed by atoms with E-state index < -0.39 is 35.5 Å². The highest BCUT2D eigenvalue weighted by molar-refractivity contribution is 5.84. The van der Waals surface area contributed by atoms with Gasteiger partial charge in [-0.05, 0) is 40.3 Å². The van der Waals surface area contributed by atoms with Crippen LogP contribution in [-0.2, 0) is 20.9 Å². The highest BCUT2D eigenvalue weighted by atomic mass is 16.5. The number of nitrogens with one attached hydrogen (secondary N) is 2. The van der Waals surface area contributed by atoms with E-state index in [1.165, 1.54) is 0 Å². The van der Waals surface area contributed by atoms with E-state index in [0.717, 1.165) is 27.8 Å². The SMILES string of the molecule is CN(Cc1ccccc1)CC(NC(=O)CC(NC(=O)OCC1c2ccccc2-c2ccccc21)C(C)(C)C)C(=O)O. The fraction of sp³-hybridized carbons (Fsp3) is 0.364. The molecule has 4 rings (SSSR count). The molecule has 0 spiro atoms. The molecule has 3 aromatic rings. The van der Waals surface area contributed by atoms with Crippen molar-refractivity contribution >= 4 is 18.0 Å². The van der Waals surface area contributed by atoms with Crippen molar-refractivity contribution in [2.75, 3.05) is 20.2 Å². The molecule has 0 aliphatic heterocycles. The molecular weight excluding hydrogens is 518 g/mol. The number of carbonyl (C=O) groups excluding carboxylic acids is 2. The van der Waals surface area contributed by atoms with E-state index in [2.05, 4.69) is 34.9 Å². The Balaban J connectivity index is 1.34. The Morgan fingerprint density at radius 2 is 1.44 bits per heavy atom. The minimum absolute atomic E-state index is 0.0752. The summed E-state index contributed by atoms with van der Waals surface area (Å²) in [6.07, 6.45) is -0.697. The largest absolute Gasteiger partial charge is 0.480 e. The van der Waals surface area contributed by atoms with Crippen molar-refractivity contribution in [2.45, 2.75) is 51.7 Å². The smallest absolute Gasteiger partial charge is 0.407 e. The van der Waals surface area contributed by atoms with Crippen molar-refractivity contribution in [2.24, 2.45) is 5.41 Å². The molecule has 2 unspecified atom stereocenters. The van der Waals surface area contributed by atoms with E-state index in [-0.39, 0.29) is 25.5 Å². The standard InChI is InChI=1S/C33H39N3O5/c1-33(2,3)29(18-30(37)34-28(31(38)39)20-36(4)19-22-12-6-5-7-13-22)35-32(40)41-21-27-25-16-10-8-14-23(25)24-15-9-11-17-26(24)27/h5-17,27-29H,18-21H2,1-4H3,(H,34,37)(H,35,40)(H,38,39). The Kier molecular flexibility index (Phi) is 9.45. The van der Waals surface area contributed by atoms with Crippen molar-refractivity contribution < 1.29 is 24.2 Å². The summed E-state index contributed by atoms with van der Waals surface area (Å²) in [6, 6.07) is 24.3. The number of ether oxygens (including phenoxy) is 1. The average molecular weight is 558 g/mol. The number of benzene rings is 3. The molecule has 8 nitrogen and oxygen atoms in total. The van der Waals surface area contributed by atoms with Crippen molar-refractivity contribution in [1.29, 1.82) is 0 Å². The number of hydrogen-bond acceptors (Lipinski definition) is 5. The summed E-state index contributed by atoms with van der Waals surface area (Å²) >= 11 is 0. The third kappa shape index (κ3) is 7.73. The number of carbonyl (C=O) groups is 3. The second-order valence-corrected chi connectivity index (χ2v) is 11.7.